The normalized spacial score (nSPS) is 17.7. The Labute approximate surface area is 351 Å². The van der Waals surface area contributed by atoms with Crippen molar-refractivity contribution in [3.05, 3.63) is 82.8 Å². The molecule has 3 aromatic heterocycles. The summed E-state index contributed by atoms with van der Waals surface area (Å²) in [7, 11) is 2.73. The molecule has 4 N–H and O–H groups in total. The van der Waals surface area contributed by atoms with E-state index in [-0.39, 0.29) is 41.2 Å². The smallest absolute Gasteiger partial charge is 0.407 e. The maximum atomic E-state index is 14.1. The number of amides is 4. The van der Waals surface area contributed by atoms with Crippen LogP contribution in [-0.2, 0) is 19.1 Å². The summed E-state index contributed by atoms with van der Waals surface area (Å²) in [4.78, 5) is 85.0. The highest BCUT2D eigenvalue weighted by Gasteiger charge is 2.39. The summed E-state index contributed by atoms with van der Waals surface area (Å²) in [5, 5.41) is 7.61. The van der Waals surface area contributed by atoms with Gasteiger partial charge in [-0.3, -0.25) is 14.4 Å². The predicted octanol–water partition coefficient (Wildman–Crippen LogP) is 6.97. The zero-order chi connectivity index (χ0) is 43.1. The molecule has 0 aliphatic carbocycles. The minimum atomic E-state index is -0.914. The second kappa shape index (κ2) is 16.7. The van der Waals surface area contributed by atoms with Crippen molar-refractivity contribution in [2.24, 2.45) is 11.8 Å². The number of fused-ring (bicyclic) bond motifs is 4. The van der Waals surface area contributed by atoms with Gasteiger partial charge in [0.15, 0.2) is 6.10 Å². The number of alkyl carbamates (subject to hydrolysis) is 2. The van der Waals surface area contributed by atoms with Crippen LogP contribution in [0.3, 0.4) is 0 Å². The van der Waals surface area contributed by atoms with Crippen molar-refractivity contribution in [1.82, 2.24) is 40.4 Å². The average molecular weight is 831 g/mol. The van der Waals surface area contributed by atoms with Crippen molar-refractivity contribution in [3.63, 3.8) is 0 Å². The van der Waals surface area contributed by atoms with E-state index in [9.17, 15) is 24.0 Å². The van der Waals surface area contributed by atoms with Crippen molar-refractivity contribution in [3.8, 4) is 22.5 Å². The first-order valence-corrected chi connectivity index (χ1v) is 20.7. The minimum Gasteiger partial charge on any atom is -0.456 e. The first-order valence-electron chi connectivity index (χ1n) is 20.7. The number of rotatable bonds is 10. The molecule has 2 fully saturated rings. The van der Waals surface area contributed by atoms with Crippen LogP contribution in [0.2, 0.25) is 0 Å². The molecule has 0 spiro atoms. The van der Waals surface area contributed by atoms with Crippen molar-refractivity contribution < 1.29 is 33.1 Å². The van der Waals surface area contributed by atoms with Gasteiger partial charge in [-0.15, -0.1) is 0 Å². The third-order valence-corrected chi connectivity index (χ3v) is 11.8. The number of benzene rings is 3. The number of nitrogens with one attached hydrogen (secondary N) is 4. The van der Waals surface area contributed by atoms with Gasteiger partial charge in [-0.25, -0.2) is 19.6 Å². The third-order valence-electron chi connectivity index (χ3n) is 11.8. The van der Waals surface area contributed by atoms with Gasteiger partial charge in [-0.2, -0.15) is 0 Å². The molecule has 4 amide bonds. The fraction of sp³-hybridized carbons (Fsp3) is 0.400. The van der Waals surface area contributed by atoms with Gasteiger partial charge in [-0.05, 0) is 72.6 Å². The summed E-state index contributed by atoms with van der Waals surface area (Å²) >= 11 is 0. The van der Waals surface area contributed by atoms with Gasteiger partial charge in [0.1, 0.15) is 28.9 Å². The quantitative estimate of drug-likeness (QED) is 0.0825. The maximum absolute atomic E-state index is 14.1. The predicted molar refractivity (Wildman–Crippen MR) is 228 cm³/mol. The van der Waals surface area contributed by atoms with Crippen molar-refractivity contribution >= 4 is 56.7 Å². The third kappa shape index (κ3) is 7.77. The molecule has 16 nitrogen and oxygen atoms in total. The first kappa shape index (κ1) is 41.0. The second-order valence-corrected chi connectivity index (χ2v) is 16.4. The van der Waals surface area contributed by atoms with E-state index >= 15 is 0 Å². The summed E-state index contributed by atoms with van der Waals surface area (Å²) in [6, 6.07) is 13.7. The van der Waals surface area contributed by atoms with Crippen LogP contribution in [0.5, 0.6) is 0 Å². The second-order valence-electron chi connectivity index (χ2n) is 16.4. The van der Waals surface area contributed by atoms with E-state index in [2.05, 4.69) is 30.6 Å². The lowest BCUT2D eigenvalue weighted by molar-refractivity contribution is -0.143. The Hall–Kier alpha value is -6.71. The summed E-state index contributed by atoms with van der Waals surface area (Å²) < 4.78 is 16.6. The number of methoxy groups -OCH3 is 1. The standard InChI is InChI=1S/C45H50N8O8/c1-23(2)37(51-45(58)59-6)42(55)52-17-7-9-32(52)40-48-22-31(50-40)27-12-15-29-35(20-27)60-34-16-13-25-19-26(11-14-28(25)36(34)38(29)54)30-21-47-41(49-30)33-10-8-18-53(33)43(56)39(24(3)4)61-44(57)46-5/h11-16,19-24,32-33,37,39H,7-10,17-18H2,1-6H3,(H,46,57)(H,47,49)(H,48,50)(H,51,58)/t32?,33-,37?,39-/m0/s1. The lowest BCUT2D eigenvalue weighted by Gasteiger charge is -2.30. The Kier molecular flexibility index (Phi) is 11.3. The van der Waals surface area contributed by atoms with Crippen LogP contribution in [0.4, 0.5) is 9.59 Å². The molecule has 6 aromatic rings. The number of carbonyl (C=O) groups excluding carboxylic acids is 4. The van der Waals surface area contributed by atoms with E-state index < -0.39 is 24.3 Å². The summed E-state index contributed by atoms with van der Waals surface area (Å²) in [6.07, 6.45) is 4.28. The van der Waals surface area contributed by atoms with Gasteiger partial charge in [0.05, 0.1) is 53.7 Å². The Balaban J connectivity index is 1.03. The number of H-pyrrole nitrogens is 2. The molecule has 3 aromatic carbocycles. The van der Waals surface area contributed by atoms with Gasteiger partial charge < -0.3 is 44.3 Å². The van der Waals surface area contributed by atoms with E-state index in [4.69, 9.17) is 13.9 Å². The van der Waals surface area contributed by atoms with Gasteiger partial charge in [0, 0.05) is 31.3 Å². The molecule has 2 unspecified atom stereocenters. The van der Waals surface area contributed by atoms with Gasteiger partial charge in [-0.1, -0.05) is 52.0 Å². The lowest BCUT2D eigenvalue weighted by atomic mass is 10.0. The fourth-order valence-electron chi connectivity index (χ4n) is 8.63. The van der Waals surface area contributed by atoms with E-state index in [0.29, 0.717) is 52.4 Å². The van der Waals surface area contributed by atoms with Crippen LogP contribution in [0.15, 0.2) is 70.1 Å². The van der Waals surface area contributed by atoms with Crippen molar-refractivity contribution in [1.29, 1.82) is 0 Å². The number of carbonyl (C=O) groups is 4. The van der Waals surface area contributed by atoms with Crippen LogP contribution in [0, 0.1) is 11.8 Å². The summed E-state index contributed by atoms with van der Waals surface area (Å²) in [5.74, 6) is 0.502. The highest BCUT2D eigenvalue weighted by molar-refractivity contribution is 6.09. The average Bonchev–Trinajstić information content (AvgIpc) is 4.10. The van der Waals surface area contributed by atoms with Gasteiger partial charge in [0.2, 0.25) is 11.3 Å². The van der Waals surface area contributed by atoms with Crippen molar-refractivity contribution in [2.45, 2.75) is 77.6 Å². The Bertz CT molecular complexity index is 2720. The Morgan fingerprint density at radius 3 is 1.97 bits per heavy atom. The SMILES string of the molecule is CNC(=O)O[C@H](C(=O)N1CCC[C@H]1c1ncc(-c2ccc3c(ccc4oc5cc(-c6cnc(C7CCCN7C(=O)C(NC(=O)OC)C(C)C)[nH]6)ccc5c(=O)c43)c2)[nH]1)C(C)C. The molecule has 4 atom stereocenters. The summed E-state index contributed by atoms with van der Waals surface area (Å²) in [5.41, 5.74) is 3.84. The minimum absolute atomic E-state index is 0.146. The van der Waals surface area contributed by atoms with E-state index in [1.807, 2.05) is 64.1 Å². The molecule has 2 aliphatic heterocycles. The van der Waals surface area contributed by atoms with E-state index in [0.717, 1.165) is 53.3 Å². The first-order chi connectivity index (χ1) is 29.4. The Morgan fingerprint density at radius 1 is 0.770 bits per heavy atom. The molecule has 318 valence electrons. The number of hydrogen-bond acceptors (Lipinski definition) is 10. The molecular formula is C45H50N8O8. The highest BCUT2D eigenvalue weighted by Crippen LogP contribution is 2.36. The van der Waals surface area contributed by atoms with Crippen molar-refractivity contribution in [2.75, 3.05) is 27.2 Å². The molecular weight excluding hydrogens is 781 g/mol. The molecule has 16 heteroatoms. The number of ether oxygens (including phenoxy) is 2. The van der Waals surface area contributed by atoms with Crippen LogP contribution >= 0.6 is 0 Å². The molecule has 8 rings (SSSR count). The monoisotopic (exact) mass is 830 g/mol. The lowest BCUT2D eigenvalue weighted by Crippen LogP contribution is -2.51. The molecule has 5 heterocycles. The maximum Gasteiger partial charge on any atom is 0.407 e. The van der Waals surface area contributed by atoms with Crippen LogP contribution in [0.25, 0.3) is 55.2 Å². The number of likely N-dealkylation sites (tertiary alicyclic amines) is 2. The molecule has 61 heavy (non-hydrogen) atoms. The molecule has 2 aliphatic rings. The topological polar surface area (TPSA) is 205 Å². The summed E-state index contributed by atoms with van der Waals surface area (Å²) in [6.45, 7) is 8.53. The van der Waals surface area contributed by atoms with Gasteiger partial charge >= 0.3 is 12.2 Å². The molecule has 0 saturated carbocycles. The fourth-order valence-corrected chi connectivity index (χ4v) is 8.63. The highest BCUT2D eigenvalue weighted by atomic mass is 16.6. The van der Waals surface area contributed by atoms with Crippen LogP contribution < -0.4 is 16.1 Å². The zero-order valence-electron chi connectivity index (χ0n) is 35.0. The number of hydrogen-bond donors (Lipinski definition) is 4. The number of aromatic nitrogens is 4. The Morgan fingerprint density at radius 2 is 1.38 bits per heavy atom. The number of imidazole rings is 2. The van der Waals surface area contributed by atoms with Crippen LogP contribution in [0.1, 0.15) is 77.1 Å². The van der Waals surface area contributed by atoms with E-state index in [1.54, 1.807) is 34.3 Å². The van der Waals surface area contributed by atoms with E-state index in [1.165, 1.54) is 14.2 Å². The molecule has 2 saturated heterocycles. The van der Waals surface area contributed by atoms with Crippen LogP contribution in [-0.4, -0.2) is 93.1 Å². The number of nitrogens with zero attached hydrogens (tertiary/aromatic N) is 4. The van der Waals surface area contributed by atoms with Gasteiger partial charge in [0.25, 0.3) is 5.91 Å². The number of aromatic amines is 2. The zero-order valence-corrected chi connectivity index (χ0v) is 35.0. The largest absolute Gasteiger partial charge is 0.456 e. The molecule has 0 radical (unpaired) electrons. The molecule has 0 bridgehead atoms.